The highest BCUT2D eigenvalue weighted by Crippen LogP contribution is 2.41. The van der Waals surface area contributed by atoms with Gasteiger partial charge in [0.1, 0.15) is 60.7 Å². The lowest BCUT2D eigenvalue weighted by molar-refractivity contribution is -0.387. The molecule has 3 aliphatic rings. The van der Waals surface area contributed by atoms with Gasteiger partial charge in [-0.1, -0.05) is 12.1 Å². The molecule has 59 heavy (non-hydrogen) atoms. The Morgan fingerprint density at radius 2 is 1.64 bits per heavy atom. The van der Waals surface area contributed by atoms with Crippen LogP contribution in [0.25, 0.3) is 0 Å². The standard InChI is InChI=1S/C35H55NO21S2/c1-16-7-6-8-19(11-16)58(46,47)10-9-21(40)26(42)30-20(12-17(2)38)22(41)13-35(4,56-30)57-32-27(43)24(15-52-59(48,49)50)54-34(29(32)45)55-31-23(14-37)53-33(51-5)25(28(31)44)36-18(3)39/h6-8,11,20-34,37,40-45H,9-10,12-15H2,1-5H3,(H,36,39)(H,48,49,50)/t20-,21-,22-,23?,24?,25?,26-,27+,28-,29?,30?,31-,32+,33-,34+,35-/m1/s1. The van der Waals surface area contributed by atoms with Crippen LogP contribution in [0.5, 0.6) is 0 Å². The van der Waals surface area contributed by atoms with Gasteiger partial charge in [0.2, 0.25) is 5.91 Å². The molecule has 0 saturated carbocycles. The molecule has 1 aromatic carbocycles. The average molecular weight is 890 g/mol. The van der Waals surface area contributed by atoms with E-state index in [-0.39, 0.29) is 11.3 Å². The molecule has 16 atom stereocenters. The molecule has 5 unspecified atom stereocenters. The van der Waals surface area contributed by atoms with Crippen LogP contribution in [0.1, 0.15) is 45.6 Å². The van der Waals surface area contributed by atoms with E-state index in [1.807, 2.05) is 0 Å². The van der Waals surface area contributed by atoms with Crippen LogP contribution in [0.4, 0.5) is 0 Å². The van der Waals surface area contributed by atoms with Gasteiger partial charge in [0.25, 0.3) is 0 Å². The molecular formula is C35H55NO21S2. The van der Waals surface area contributed by atoms with Gasteiger partial charge in [-0.15, -0.1) is 0 Å². The number of aliphatic hydroxyl groups is 7. The molecule has 0 aliphatic carbocycles. The van der Waals surface area contributed by atoms with Gasteiger partial charge in [0.05, 0.1) is 42.2 Å². The Balaban J connectivity index is 1.62. The van der Waals surface area contributed by atoms with Crippen LogP contribution in [0, 0.1) is 12.8 Å². The van der Waals surface area contributed by atoms with Crippen LogP contribution in [-0.2, 0) is 62.4 Å². The molecule has 3 aliphatic heterocycles. The fraction of sp³-hybridized carbons (Fsp3) is 0.771. The minimum atomic E-state index is -5.15. The summed E-state index contributed by atoms with van der Waals surface area (Å²) in [6.45, 7) is 3.33. The summed E-state index contributed by atoms with van der Waals surface area (Å²) in [5.74, 6) is -4.99. The second kappa shape index (κ2) is 20.2. The van der Waals surface area contributed by atoms with Crippen LogP contribution in [0.3, 0.4) is 0 Å². The first-order valence-corrected chi connectivity index (χ1v) is 21.6. The zero-order chi connectivity index (χ0) is 44.2. The van der Waals surface area contributed by atoms with Gasteiger partial charge in [0.15, 0.2) is 28.2 Å². The van der Waals surface area contributed by atoms with Crippen molar-refractivity contribution < 1.29 is 99.3 Å². The van der Waals surface area contributed by atoms with E-state index in [2.05, 4.69) is 9.50 Å². The summed E-state index contributed by atoms with van der Waals surface area (Å²) in [5.41, 5.74) is 0.670. The predicted octanol–water partition coefficient (Wildman–Crippen LogP) is -3.39. The van der Waals surface area contributed by atoms with Gasteiger partial charge in [-0.25, -0.2) is 12.6 Å². The number of hydrogen-bond donors (Lipinski definition) is 9. The van der Waals surface area contributed by atoms with Crippen molar-refractivity contribution in [2.45, 2.75) is 143 Å². The highest BCUT2D eigenvalue weighted by atomic mass is 32.3. The second-order valence-electron chi connectivity index (χ2n) is 15.1. The number of carbonyl (C=O) groups excluding carboxylic acids is 2. The second-order valence-corrected chi connectivity index (χ2v) is 18.3. The molecule has 0 bridgehead atoms. The molecule has 3 heterocycles. The van der Waals surface area contributed by atoms with E-state index in [1.54, 1.807) is 19.1 Å². The normalized spacial score (nSPS) is 36.7. The van der Waals surface area contributed by atoms with Crippen molar-refractivity contribution in [3.8, 4) is 0 Å². The lowest BCUT2D eigenvalue weighted by Gasteiger charge is -2.51. The molecule has 0 radical (unpaired) electrons. The summed E-state index contributed by atoms with van der Waals surface area (Å²) >= 11 is 0. The highest BCUT2D eigenvalue weighted by molar-refractivity contribution is 7.91. The minimum Gasteiger partial charge on any atom is -0.394 e. The SMILES string of the molecule is CO[C@@H]1OC(CO)[C@@H](O[C@@H]2OC(COS(=O)(=O)O)[C@H](O)[C@H](O[C@]3(C)C[C@@H](O)[C@@H](CC(C)=O)C([C@H](O)[C@H](O)CCS(=O)(=O)c4cccc(C)c4)O3)C2O)[C@H](O)C1NC(C)=O. The highest BCUT2D eigenvalue weighted by Gasteiger charge is 2.56. The van der Waals surface area contributed by atoms with Gasteiger partial charge in [-0.2, -0.15) is 8.42 Å². The lowest BCUT2D eigenvalue weighted by atomic mass is 9.80. The minimum absolute atomic E-state index is 0.0146. The Hall–Kier alpha value is -2.34. The number of hydrogen-bond acceptors (Lipinski definition) is 20. The number of carbonyl (C=O) groups is 2. The molecule has 3 saturated heterocycles. The Morgan fingerprint density at radius 3 is 2.22 bits per heavy atom. The third-order valence-electron chi connectivity index (χ3n) is 10.3. The maximum absolute atomic E-state index is 13.0. The van der Waals surface area contributed by atoms with Crippen LogP contribution in [0.2, 0.25) is 0 Å². The molecule has 22 nitrogen and oxygen atoms in total. The number of aliphatic hydroxyl groups excluding tert-OH is 7. The number of ketones is 1. The fourth-order valence-corrected chi connectivity index (χ4v) is 9.21. The molecule has 24 heteroatoms. The number of rotatable bonds is 18. The van der Waals surface area contributed by atoms with E-state index < -0.39 is 161 Å². The lowest BCUT2D eigenvalue weighted by Crippen LogP contribution is -2.68. The number of nitrogens with one attached hydrogen (secondary N) is 1. The molecule has 9 N–H and O–H groups in total. The number of aryl methyl sites for hydroxylation is 1. The van der Waals surface area contributed by atoms with Gasteiger partial charge in [-0.05, 0) is 44.9 Å². The fourth-order valence-electron chi connectivity index (χ4n) is 7.46. The summed E-state index contributed by atoms with van der Waals surface area (Å²) < 4.78 is 97.3. The molecule has 3 fully saturated rings. The molecular weight excluding hydrogens is 835 g/mol. The van der Waals surface area contributed by atoms with Gasteiger partial charge in [0, 0.05) is 32.8 Å². The number of sulfone groups is 1. The zero-order valence-corrected chi connectivity index (χ0v) is 34.5. The van der Waals surface area contributed by atoms with E-state index in [0.717, 1.165) is 6.92 Å². The number of ether oxygens (including phenoxy) is 6. The Kier molecular flexibility index (Phi) is 16.9. The quantitative estimate of drug-likeness (QED) is 0.0649. The van der Waals surface area contributed by atoms with Crippen molar-refractivity contribution >= 4 is 31.9 Å². The van der Waals surface area contributed by atoms with Gasteiger partial charge >= 0.3 is 10.4 Å². The first-order chi connectivity index (χ1) is 27.4. The number of methoxy groups -OCH3 is 1. The first-order valence-electron chi connectivity index (χ1n) is 18.6. The molecule has 0 aromatic heterocycles. The van der Waals surface area contributed by atoms with Crippen LogP contribution in [0.15, 0.2) is 29.2 Å². The molecule has 1 amide bonds. The van der Waals surface area contributed by atoms with Gasteiger partial charge in [-0.3, -0.25) is 9.35 Å². The largest absolute Gasteiger partial charge is 0.397 e. The smallest absolute Gasteiger partial charge is 0.394 e. The van der Waals surface area contributed by atoms with Crippen molar-refractivity contribution in [2.75, 3.05) is 26.1 Å². The Labute approximate surface area is 341 Å². The van der Waals surface area contributed by atoms with Crippen molar-refractivity contribution in [1.29, 1.82) is 0 Å². The summed E-state index contributed by atoms with van der Waals surface area (Å²) in [6, 6.07) is 4.75. The van der Waals surface area contributed by atoms with E-state index in [4.69, 9.17) is 28.4 Å². The van der Waals surface area contributed by atoms with Crippen molar-refractivity contribution in [3.63, 3.8) is 0 Å². The maximum Gasteiger partial charge on any atom is 0.397 e. The Bertz CT molecular complexity index is 1800. The van der Waals surface area contributed by atoms with E-state index >= 15 is 0 Å². The predicted molar refractivity (Wildman–Crippen MR) is 197 cm³/mol. The summed E-state index contributed by atoms with van der Waals surface area (Å²) in [6.07, 6.45) is -24.3. The van der Waals surface area contributed by atoms with Crippen molar-refractivity contribution in [3.05, 3.63) is 29.8 Å². The van der Waals surface area contributed by atoms with Crippen LogP contribution < -0.4 is 5.32 Å². The molecule has 4 rings (SSSR count). The number of benzene rings is 1. The zero-order valence-electron chi connectivity index (χ0n) is 32.9. The van der Waals surface area contributed by atoms with E-state index in [0.29, 0.717) is 5.56 Å². The Morgan fingerprint density at radius 1 is 0.983 bits per heavy atom. The number of amides is 1. The molecule has 0 spiro atoms. The summed E-state index contributed by atoms with van der Waals surface area (Å²) in [5, 5.41) is 80.6. The number of Topliss-reactive ketones (excluding diaryl/α,β-unsaturated/α-hetero) is 1. The summed E-state index contributed by atoms with van der Waals surface area (Å²) in [4.78, 5) is 24.2. The topological polar surface area (TPSA) is 341 Å². The van der Waals surface area contributed by atoms with Crippen molar-refractivity contribution in [2.24, 2.45) is 5.92 Å². The monoisotopic (exact) mass is 889 g/mol. The van der Waals surface area contributed by atoms with Gasteiger partial charge < -0.3 is 74.3 Å². The van der Waals surface area contributed by atoms with E-state index in [9.17, 15) is 66.7 Å². The first kappa shape index (κ1) is 49.3. The molecule has 1 aromatic rings. The third kappa shape index (κ3) is 12.6. The van der Waals surface area contributed by atoms with E-state index in [1.165, 1.54) is 33.1 Å². The molecule has 338 valence electrons. The summed E-state index contributed by atoms with van der Waals surface area (Å²) in [7, 11) is -7.89. The maximum atomic E-state index is 13.0. The average Bonchev–Trinajstić information content (AvgIpc) is 3.14. The van der Waals surface area contributed by atoms with Crippen molar-refractivity contribution in [1.82, 2.24) is 5.32 Å². The van der Waals surface area contributed by atoms with Crippen LogP contribution >= 0.6 is 0 Å². The van der Waals surface area contributed by atoms with Crippen LogP contribution in [-0.4, -0.2) is 186 Å². The third-order valence-corrected chi connectivity index (χ3v) is 12.5.